The van der Waals surface area contributed by atoms with Crippen LogP contribution >= 0.6 is 0 Å². The molecule has 5 heteroatoms. The molecule has 0 aromatic carbocycles. The quantitative estimate of drug-likeness (QED) is 0.815. The third-order valence-corrected chi connectivity index (χ3v) is 3.36. The first-order valence-electron chi connectivity index (χ1n) is 6.13. The normalized spacial score (nSPS) is 20.4. The third kappa shape index (κ3) is 2.18. The largest absolute Gasteiger partial charge is 0.387 e. The van der Waals surface area contributed by atoms with Crippen LogP contribution in [-0.4, -0.2) is 34.6 Å². The van der Waals surface area contributed by atoms with E-state index in [4.69, 9.17) is 0 Å². The van der Waals surface area contributed by atoms with E-state index >= 15 is 0 Å². The Kier molecular flexibility index (Phi) is 3.26. The van der Waals surface area contributed by atoms with Crippen LogP contribution in [0.2, 0.25) is 0 Å². The number of nitrogens with zero attached hydrogens (tertiary/aromatic N) is 2. The number of hydrogen-bond donors (Lipinski definition) is 2. The summed E-state index contributed by atoms with van der Waals surface area (Å²) in [4.78, 5) is 18.1. The van der Waals surface area contributed by atoms with Crippen molar-refractivity contribution in [1.82, 2.24) is 10.3 Å². The van der Waals surface area contributed by atoms with E-state index in [0.717, 1.165) is 12.2 Å². The number of nitrogens with one attached hydrogen (secondary N) is 1. The van der Waals surface area contributed by atoms with Crippen LogP contribution in [0.3, 0.4) is 0 Å². The molecule has 5 nitrogen and oxygen atoms in total. The molecule has 0 unspecified atom stereocenters. The fraction of sp³-hybridized carbons (Fsp3) is 0.538. The number of piperazine rings is 1. The molecule has 1 fully saturated rings. The maximum absolute atomic E-state index is 11.9. The van der Waals surface area contributed by atoms with E-state index < -0.39 is 11.6 Å². The lowest BCUT2D eigenvalue weighted by molar-refractivity contribution is -0.126. The molecule has 0 saturated carbocycles. The van der Waals surface area contributed by atoms with Gasteiger partial charge in [0.1, 0.15) is 5.54 Å². The van der Waals surface area contributed by atoms with Gasteiger partial charge in [0, 0.05) is 13.1 Å². The summed E-state index contributed by atoms with van der Waals surface area (Å²) in [5.74, 6) is 0.0216. The summed E-state index contributed by atoms with van der Waals surface area (Å²) in [6.07, 6.45) is 1.14. The van der Waals surface area contributed by atoms with Gasteiger partial charge in [-0.05, 0) is 32.9 Å². The average molecular weight is 249 g/mol. The Bertz CT molecular complexity index is 440. The SMILES string of the molecule is C[C@@H](O)c1ccc(N2CCNC(=O)C2(C)C)cn1. The van der Waals surface area contributed by atoms with Crippen molar-refractivity contribution in [2.24, 2.45) is 0 Å². The van der Waals surface area contributed by atoms with Gasteiger partial charge in [-0.3, -0.25) is 9.78 Å². The van der Waals surface area contributed by atoms with E-state index in [1.54, 1.807) is 19.2 Å². The fourth-order valence-corrected chi connectivity index (χ4v) is 2.16. The maximum atomic E-state index is 11.9. The number of pyridine rings is 1. The van der Waals surface area contributed by atoms with Crippen LogP contribution in [-0.2, 0) is 4.79 Å². The van der Waals surface area contributed by atoms with E-state index in [2.05, 4.69) is 10.3 Å². The topological polar surface area (TPSA) is 65.5 Å². The number of rotatable bonds is 2. The molecule has 1 aliphatic rings. The lowest BCUT2D eigenvalue weighted by Crippen LogP contribution is -2.62. The summed E-state index contributed by atoms with van der Waals surface area (Å²) in [6.45, 7) is 6.86. The van der Waals surface area contributed by atoms with Crippen LogP contribution < -0.4 is 10.2 Å². The fourth-order valence-electron chi connectivity index (χ4n) is 2.16. The van der Waals surface area contributed by atoms with Gasteiger partial charge in [-0.25, -0.2) is 0 Å². The highest BCUT2D eigenvalue weighted by Crippen LogP contribution is 2.26. The Hall–Kier alpha value is -1.62. The van der Waals surface area contributed by atoms with Crippen LogP contribution in [0.25, 0.3) is 0 Å². The molecular formula is C13H19N3O2. The van der Waals surface area contributed by atoms with E-state index in [1.807, 2.05) is 24.8 Å². The first kappa shape index (κ1) is 12.8. The smallest absolute Gasteiger partial charge is 0.245 e. The average Bonchev–Trinajstić information content (AvgIpc) is 2.33. The van der Waals surface area contributed by atoms with Crippen molar-refractivity contribution in [2.75, 3.05) is 18.0 Å². The molecule has 0 spiro atoms. The molecule has 1 aromatic heterocycles. The second kappa shape index (κ2) is 4.57. The predicted octanol–water partition coefficient (Wildman–Crippen LogP) is 0.850. The summed E-state index contributed by atoms with van der Waals surface area (Å²) in [6, 6.07) is 3.69. The number of carbonyl (C=O) groups is 1. The Balaban J connectivity index is 2.27. The minimum atomic E-state index is -0.577. The third-order valence-electron chi connectivity index (χ3n) is 3.36. The Morgan fingerprint density at radius 3 is 2.78 bits per heavy atom. The molecule has 18 heavy (non-hydrogen) atoms. The molecule has 0 aliphatic carbocycles. The molecule has 98 valence electrons. The zero-order chi connectivity index (χ0) is 13.3. The zero-order valence-electron chi connectivity index (χ0n) is 11.0. The van der Waals surface area contributed by atoms with Crippen molar-refractivity contribution < 1.29 is 9.90 Å². The Morgan fingerprint density at radius 1 is 1.50 bits per heavy atom. The van der Waals surface area contributed by atoms with Crippen molar-refractivity contribution in [3.8, 4) is 0 Å². The maximum Gasteiger partial charge on any atom is 0.245 e. The van der Waals surface area contributed by atoms with Gasteiger partial charge < -0.3 is 15.3 Å². The summed E-state index contributed by atoms with van der Waals surface area (Å²) in [5.41, 5.74) is 0.962. The van der Waals surface area contributed by atoms with E-state index in [-0.39, 0.29) is 5.91 Å². The van der Waals surface area contributed by atoms with Gasteiger partial charge in [0.2, 0.25) is 5.91 Å². The highest BCUT2D eigenvalue weighted by Gasteiger charge is 2.37. The van der Waals surface area contributed by atoms with Gasteiger partial charge in [0.15, 0.2) is 0 Å². The second-order valence-electron chi connectivity index (χ2n) is 5.08. The van der Waals surface area contributed by atoms with Crippen molar-refractivity contribution in [2.45, 2.75) is 32.4 Å². The first-order chi connectivity index (χ1) is 8.43. The standard InChI is InChI=1S/C13H19N3O2/c1-9(17)11-5-4-10(8-15-11)16-7-6-14-12(18)13(16,2)3/h4-5,8-9,17H,6-7H2,1-3H3,(H,14,18)/t9-/m1/s1. The van der Waals surface area contributed by atoms with Crippen molar-refractivity contribution >= 4 is 11.6 Å². The minimum absolute atomic E-state index is 0.0216. The number of amides is 1. The van der Waals surface area contributed by atoms with Gasteiger partial charge in [-0.15, -0.1) is 0 Å². The van der Waals surface area contributed by atoms with Gasteiger partial charge in [0.25, 0.3) is 0 Å². The molecule has 1 atom stereocenters. The minimum Gasteiger partial charge on any atom is -0.387 e. The number of anilines is 1. The van der Waals surface area contributed by atoms with E-state index in [9.17, 15) is 9.90 Å². The summed E-state index contributed by atoms with van der Waals surface area (Å²) >= 11 is 0. The molecule has 1 amide bonds. The Morgan fingerprint density at radius 2 is 2.22 bits per heavy atom. The van der Waals surface area contributed by atoms with E-state index in [0.29, 0.717) is 12.2 Å². The molecule has 1 aromatic rings. The molecule has 0 bridgehead atoms. The first-order valence-corrected chi connectivity index (χ1v) is 6.13. The molecule has 1 saturated heterocycles. The molecular weight excluding hydrogens is 230 g/mol. The number of carbonyl (C=O) groups excluding carboxylic acids is 1. The zero-order valence-corrected chi connectivity index (χ0v) is 11.0. The second-order valence-corrected chi connectivity index (χ2v) is 5.08. The van der Waals surface area contributed by atoms with Crippen LogP contribution in [0, 0.1) is 0 Å². The Labute approximate surface area is 107 Å². The lowest BCUT2D eigenvalue weighted by atomic mass is 9.98. The lowest BCUT2D eigenvalue weighted by Gasteiger charge is -2.42. The summed E-state index contributed by atoms with van der Waals surface area (Å²) < 4.78 is 0. The summed E-state index contributed by atoms with van der Waals surface area (Å²) in [5, 5.41) is 12.3. The van der Waals surface area contributed by atoms with Crippen LogP contribution in [0.4, 0.5) is 5.69 Å². The van der Waals surface area contributed by atoms with Gasteiger partial charge in [-0.1, -0.05) is 0 Å². The molecule has 2 rings (SSSR count). The monoisotopic (exact) mass is 249 g/mol. The van der Waals surface area contributed by atoms with Crippen LogP contribution in [0.15, 0.2) is 18.3 Å². The number of aliphatic hydroxyl groups is 1. The van der Waals surface area contributed by atoms with Crippen LogP contribution in [0.1, 0.15) is 32.6 Å². The van der Waals surface area contributed by atoms with E-state index in [1.165, 1.54) is 0 Å². The number of aliphatic hydroxyl groups excluding tert-OH is 1. The van der Waals surface area contributed by atoms with Gasteiger partial charge in [-0.2, -0.15) is 0 Å². The number of aromatic nitrogens is 1. The molecule has 1 aliphatic heterocycles. The highest BCUT2D eigenvalue weighted by molar-refractivity contribution is 5.90. The number of hydrogen-bond acceptors (Lipinski definition) is 4. The summed E-state index contributed by atoms with van der Waals surface area (Å²) in [7, 11) is 0. The van der Waals surface area contributed by atoms with Crippen molar-refractivity contribution in [1.29, 1.82) is 0 Å². The predicted molar refractivity (Wildman–Crippen MR) is 69.3 cm³/mol. The molecule has 2 heterocycles. The van der Waals surface area contributed by atoms with Gasteiger partial charge >= 0.3 is 0 Å². The van der Waals surface area contributed by atoms with Gasteiger partial charge in [0.05, 0.1) is 23.7 Å². The van der Waals surface area contributed by atoms with Crippen molar-refractivity contribution in [3.63, 3.8) is 0 Å². The molecule has 2 N–H and O–H groups in total. The van der Waals surface area contributed by atoms with Crippen molar-refractivity contribution in [3.05, 3.63) is 24.0 Å². The van der Waals surface area contributed by atoms with Crippen LogP contribution in [0.5, 0.6) is 0 Å². The highest BCUT2D eigenvalue weighted by atomic mass is 16.3. The molecule has 0 radical (unpaired) electrons.